The van der Waals surface area contributed by atoms with E-state index in [1.165, 1.54) is 0 Å². The number of nitrogens with zero attached hydrogens (tertiary/aromatic N) is 2. The third-order valence-corrected chi connectivity index (χ3v) is 2.90. The number of aryl methyl sites for hydroxylation is 1. The zero-order valence-corrected chi connectivity index (χ0v) is 11.4. The highest BCUT2D eigenvalue weighted by molar-refractivity contribution is 5.37. The Morgan fingerprint density at radius 2 is 1.88 bits per heavy atom. The first kappa shape index (κ1) is 13.9. The lowest BCUT2D eigenvalue weighted by molar-refractivity contribution is 0.226. The van der Waals surface area contributed by atoms with E-state index >= 15 is 0 Å². The van der Waals surface area contributed by atoms with E-state index in [0.29, 0.717) is 5.92 Å². The molecule has 0 saturated heterocycles. The second-order valence-electron chi connectivity index (χ2n) is 5.00. The first-order valence-corrected chi connectivity index (χ1v) is 6.17. The molecule has 0 spiro atoms. The summed E-state index contributed by atoms with van der Waals surface area (Å²) in [5, 5.41) is 12.4. The van der Waals surface area contributed by atoms with Crippen molar-refractivity contribution < 1.29 is 5.11 Å². The number of aliphatic hydroxyl groups is 1. The first-order valence-electron chi connectivity index (χ1n) is 6.17. The van der Waals surface area contributed by atoms with Crippen LogP contribution in [0.4, 0.5) is 5.82 Å². The molecule has 2 atom stereocenters. The van der Waals surface area contributed by atoms with Gasteiger partial charge in [0.05, 0.1) is 0 Å². The minimum Gasteiger partial charge on any atom is -0.396 e. The Bertz CT molecular complexity index is 366. The fourth-order valence-electron chi connectivity index (χ4n) is 1.46. The van der Waals surface area contributed by atoms with E-state index in [-0.39, 0.29) is 18.6 Å². The first-order chi connectivity index (χ1) is 7.93. The summed E-state index contributed by atoms with van der Waals surface area (Å²) in [6.07, 6.45) is 0. The molecule has 1 rings (SSSR count). The van der Waals surface area contributed by atoms with Crippen LogP contribution in [0.1, 0.15) is 45.1 Å². The molecular weight excluding hydrogens is 214 g/mol. The molecule has 0 amide bonds. The SMILES string of the molecule is Cc1cc(NC(C)C(C)CO)nc(C(C)C)n1. The van der Waals surface area contributed by atoms with Gasteiger partial charge in [0.2, 0.25) is 0 Å². The Hall–Kier alpha value is -1.16. The van der Waals surface area contributed by atoms with Crippen molar-refractivity contribution in [3.05, 3.63) is 17.6 Å². The van der Waals surface area contributed by atoms with Crippen LogP contribution in [0.2, 0.25) is 0 Å². The number of anilines is 1. The van der Waals surface area contributed by atoms with Crippen molar-refractivity contribution in [1.29, 1.82) is 0 Å². The van der Waals surface area contributed by atoms with Gasteiger partial charge in [-0.1, -0.05) is 20.8 Å². The van der Waals surface area contributed by atoms with Crippen molar-refractivity contribution in [2.45, 2.75) is 46.6 Å². The largest absolute Gasteiger partial charge is 0.396 e. The summed E-state index contributed by atoms with van der Waals surface area (Å²) in [6, 6.07) is 2.13. The fourth-order valence-corrected chi connectivity index (χ4v) is 1.46. The topological polar surface area (TPSA) is 58.0 Å². The van der Waals surface area contributed by atoms with Gasteiger partial charge in [0.25, 0.3) is 0 Å². The minimum atomic E-state index is 0.176. The standard InChI is InChI=1S/C13H23N3O/c1-8(2)13-14-10(4)6-12(16-13)15-11(5)9(3)7-17/h6,8-9,11,17H,7H2,1-5H3,(H,14,15,16). The highest BCUT2D eigenvalue weighted by Gasteiger charge is 2.13. The van der Waals surface area contributed by atoms with Crippen LogP contribution in [-0.4, -0.2) is 27.7 Å². The third-order valence-electron chi connectivity index (χ3n) is 2.90. The van der Waals surface area contributed by atoms with E-state index in [2.05, 4.69) is 29.1 Å². The summed E-state index contributed by atoms with van der Waals surface area (Å²) < 4.78 is 0. The summed E-state index contributed by atoms with van der Waals surface area (Å²) >= 11 is 0. The van der Waals surface area contributed by atoms with Crippen molar-refractivity contribution in [2.24, 2.45) is 5.92 Å². The van der Waals surface area contributed by atoms with Crippen molar-refractivity contribution in [3.63, 3.8) is 0 Å². The molecule has 2 N–H and O–H groups in total. The fraction of sp³-hybridized carbons (Fsp3) is 0.692. The third kappa shape index (κ3) is 3.97. The van der Waals surface area contributed by atoms with Crippen molar-refractivity contribution in [1.82, 2.24) is 9.97 Å². The molecule has 0 bridgehead atoms. The summed E-state index contributed by atoms with van der Waals surface area (Å²) in [7, 11) is 0. The Kier molecular flexibility index (Phi) is 4.87. The predicted octanol–water partition coefficient (Wildman–Crippen LogP) is 2.34. The molecule has 0 saturated carbocycles. The lowest BCUT2D eigenvalue weighted by Crippen LogP contribution is -2.27. The molecule has 2 unspecified atom stereocenters. The molecule has 0 aliphatic rings. The smallest absolute Gasteiger partial charge is 0.133 e. The van der Waals surface area contributed by atoms with Crippen LogP contribution in [-0.2, 0) is 0 Å². The van der Waals surface area contributed by atoms with Gasteiger partial charge in [0.1, 0.15) is 11.6 Å². The summed E-state index contributed by atoms with van der Waals surface area (Å²) in [6.45, 7) is 10.4. The van der Waals surface area contributed by atoms with Crippen molar-refractivity contribution in [3.8, 4) is 0 Å². The van der Waals surface area contributed by atoms with Gasteiger partial charge in [-0.3, -0.25) is 0 Å². The lowest BCUT2D eigenvalue weighted by atomic mass is 10.1. The molecule has 0 aromatic carbocycles. The molecule has 1 aromatic heterocycles. The van der Waals surface area contributed by atoms with E-state index in [0.717, 1.165) is 17.3 Å². The molecule has 4 heteroatoms. The maximum absolute atomic E-state index is 9.11. The zero-order chi connectivity index (χ0) is 13.0. The second kappa shape index (κ2) is 5.96. The van der Waals surface area contributed by atoms with E-state index in [1.54, 1.807) is 0 Å². The highest BCUT2D eigenvalue weighted by Crippen LogP contribution is 2.15. The molecule has 1 aromatic rings. The van der Waals surface area contributed by atoms with E-state index < -0.39 is 0 Å². The van der Waals surface area contributed by atoms with E-state index in [4.69, 9.17) is 5.11 Å². The van der Waals surface area contributed by atoms with Gasteiger partial charge in [-0.2, -0.15) is 0 Å². The molecule has 96 valence electrons. The normalized spacial score (nSPS) is 14.8. The summed E-state index contributed by atoms with van der Waals surface area (Å²) in [4.78, 5) is 8.89. The van der Waals surface area contributed by atoms with Crippen LogP contribution in [0.25, 0.3) is 0 Å². The maximum atomic E-state index is 9.11. The van der Waals surface area contributed by atoms with Gasteiger partial charge in [-0.15, -0.1) is 0 Å². The maximum Gasteiger partial charge on any atom is 0.133 e. The van der Waals surface area contributed by atoms with Crippen LogP contribution in [0, 0.1) is 12.8 Å². The van der Waals surface area contributed by atoms with Crippen LogP contribution in [0.5, 0.6) is 0 Å². The summed E-state index contributed by atoms with van der Waals surface area (Å²) in [5.74, 6) is 2.22. The highest BCUT2D eigenvalue weighted by atomic mass is 16.3. The zero-order valence-electron chi connectivity index (χ0n) is 11.4. The molecule has 0 aliphatic carbocycles. The van der Waals surface area contributed by atoms with Gasteiger partial charge in [-0.05, 0) is 19.8 Å². The molecule has 0 aliphatic heterocycles. The number of aliphatic hydroxyl groups excluding tert-OH is 1. The number of hydrogen-bond donors (Lipinski definition) is 2. The average molecular weight is 237 g/mol. The lowest BCUT2D eigenvalue weighted by Gasteiger charge is -2.20. The molecule has 4 nitrogen and oxygen atoms in total. The predicted molar refractivity (Wildman–Crippen MR) is 70.2 cm³/mol. The van der Waals surface area contributed by atoms with Crippen LogP contribution in [0.3, 0.4) is 0 Å². The Morgan fingerprint density at radius 1 is 1.24 bits per heavy atom. The quantitative estimate of drug-likeness (QED) is 0.825. The van der Waals surface area contributed by atoms with Gasteiger partial charge >= 0.3 is 0 Å². The Labute approximate surface area is 103 Å². The van der Waals surface area contributed by atoms with E-state index in [9.17, 15) is 0 Å². The summed E-state index contributed by atoms with van der Waals surface area (Å²) in [5.41, 5.74) is 0.968. The molecule has 1 heterocycles. The monoisotopic (exact) mass is 237 g/mol. The number of aromatic nitrogens is 2. The van der Waals surface area contributed by atoms with Crippen molar-refractivity contribution in [2.75, 3.05) is 11.9 Å². The molecule has 0 fully saturated rings. The van der Waals surface area contributed by atoms with Gasteiger partial charge < -0.3 is 10.4 Å². The molecule has 0 radical (unpaired) electrons. The number of hydrogen-bond acceptors (Lipinski definition) is 4. The van der Waals surface area contributed by atoms with Crippen LogP contribution >= 0.6 is 0 Å². The van der Waals surface area contributed by atoms with Gasteiger partial charge in [0, 0.05) is 30.3 Å². The van der Waals surface area contributed by atoms with Crippen LogP contribution in [0.15, 0.2) is 6.07 Å². The van der Waals surface area contributed by atoms with Crippen LogP contribution < -0.4 is 5.32 Å². The number of rotatable bonds is 5. The number of nitrogens with one attached hydrogen (secondary N) is 1. The average Bonchev–Trinajstić information content (AvgIpc) is 2.26. The van der Waals surface area contributed by atoms with Gasteiger partial charge in [-0.25, -0.2) is 9.97 Å². The second-order valence-corrected chi connectivity index (χ2v) is 5.00. The Balaban J connectivity index is 2.84. The minimum absolute atomic E-state index is 0.176. The van der Waals surface area contributed by atoms with Crippen molar-refractivity contribution >= 4 is 5.82 Å². The van der Waals surface area contributed by atoms with Gasteiger partial charge in [0.15, 0.2) is 0 Å². The Morgan fingerprint density at radius 3 is 2.41 bits per heavy atom. The molecule has 17 heavy (non-hydrogen) atoms. The molecular formula is C13H23N3O. The van der Waals surface area contributed by atoms with E-state index in [1.807, 2.05) is 26.8 Å².